The van der Waals surface area contributed by atoms with Crippen LogP contribution < -0.4 is 16.4 Å². The van der Waals surface area contributed by atoms with E-state index in [-0.39, 0.29) is 40.1 Å². The standard InChI is InChI=1S/C25H27F2N4O2PS/c1-13-10-14(11-18(28)24(13)35(2)33)15-8-9-29-12-20(15)31-25(32)19-7-6-17(27)23(30-19)22-16(26)4-3-5-21(22)34/h3-9,12-14,18,24H,10-11,28,34H2,1-2H3,(H,31,32). The molecular weight excluding hydrogens is 489 g/mol. The van der Waals surface area contributed by atoms with Gasteiger partial charge in [0.2, 0.25) is 0 Å². The van der Waals surface area contributed by atoms with Gasteiger partial charge in [0.1, 0.15) is 23.0 Å². The average Bonchev–Trinajstić information content (AvgIpc) is 2.79. The Bertz CT molecular complexity index is 1260. The summed E-state index contributed by atoms with van der Waals surface area (Å²) in [6.45, 7) is 2.05. The quantitative estimate of drug-likeness (QED) is 0.504. The monoisotopic (exact) mass is 516 g/mol. The third kappa shape index (κ3) is 5.32. The van der Waals surface area contributed by atoms with Crippen molar-refractivity contribution in [3.8, 4) is 11.3 Å². The number of hydrogen-bond donors (Lipinski definition) is 2. The molecule has 0 saturated heterocycles. The number of hydrogen-bond acceptors (Lipinski definition) is 5. The fraction of sp³-hybridized carbons (Fsp3) is 0.320. The number of halogens is 2. The van der Waals surface area contributed by atoms with E-state index in [1.165, 1.54) is 18.2 Å². The van der Waals surface area contributed by atoms with Crippen molar-refractivity contribution < 1.29 is 17.8 Å². The van der Waals surface area contributed by atoms with Crippen molar-refractivity contribution in [2.24, 2.45) is 11.7 Å². The van der Waals surface area contributed by atoms with Crippen LogP contribution in [0.2, 0.25) is 0 Å². The van der Waals surface area contributed by atoms with Gasteiger partial charge in [-0.25, -0.2) is 13.8 Å². The van der Waals surface area contributed by atoms with E-state index < -0.39 is 28.3 Å². The van der Waals surface area contributed by atoms with Crippen LogP contribution in [-0.2, 0) is 10.8 Å². The molecule has 1 aliphatic carbocycles. The minimum Gasteiger partial charge on any atom is -0.327 e. The number of nitrogens with one attached hydrogen (secondary N) is 1. The van der Waals surface area contributed by atoms with Gasteiger partial charge in [0, 0.05) is 34.9 Å². The van der Waals surface area contributed by atoms with Gasteiger partial charge in [0.15, 0.2) is 0 Å². The largest absolute Gasteiger partial charge is 0.327 e. The molecule has 2 aromatic heterocycles. The van der Waals surface area contributed by atoms with E-state index in [1.807, 2.05) is 13.0 Å². The van der Waals surface area contributed by atoms with Crippen LogP contribution in [0.4, 0.5) is 14.5 Å². The van der Waals surface area contributed by atoms with Gasteiger partial charge in [-0.1, -0.05) is 19.1 Å². The van der Waals surface area contributed by atoms with Crippen molar-refractivity contribution >= 4 is 36.9 Å². The number of carbonyl (C=O) groups is 1. The van der Waals surface area contributed by atoms with E-state index >= 15 is 0 Å². The second kappa shape index (κ2) is 10.6. The van der Waals surface area contributed by atoms with Gasteiger partial charge < -0.3 is 11.1 Å². The molecule has 4 rings (SSSR count). The summed E-state index contributed by atoms with van der Waals surface area (Å²) >= 11 is 0. The molecule has 1 fully saturated rings. The molecule has 1 aromatic carbocycles. The number of nitrogens with two attached hydrogens (primary N) is 1. The van der Waals surface area contributed by atoms with Crippen molar-refractivity contribution in [2.45, 2.75) is 37.0 Å². The molecule has 184 valence electrons. The maximum Gasteiger partial charge on any atom is 0.274 e. The Morgan fingerprint density at radius 3 is 2.63 bits per heavy atom. The topological polar surface area (TPSA) is 98.0 Å². The zero-order valence-corrected chi connectivity index (χ0v) is 21.3. The summed E-state index contributed by atoms with van der Waals surface area (Å²) in [6.07, 6.45) is 6.29. The highest BCUT2D eigenvalue weighted by molar-refractivity contribution is 7.85. The van der Waals surface area contributed by atoms with Crippen molar-refractivity contribution in [2.75, 3.05) is 11.6 Å². The first-order chi connectivity index (χ1) is 16.7. The third-order valence-electron chi connectivity index (χ3n) is 6.48. The van der Waals surface area contributed by atoms with Gasteiger partial charge in [-0.15, -0.1) is 9.24 Å². The van der Waals surface area contributed by atoms with Crippen molar-refractivity contribution in [1.82, 2.24) is 9.97 Å². The third-order valence-corrected chi connectivity index (χ3v) is 8.55. The van der Waals surface area contributed by atoms with Crippen LogP contribution in [0.3, 0.4) is 0 Å². The number of pyridine rings is 2. The van der Waals surface area contributed by atoms with Crippen LogP contribution in [0.5, 0.6) is 0 Å². The molecule has 0 radical (unpaired) electrons. The zero-order valence-electron chi connectivity index (χ0n) is 19.4. The number of benzene rings is 1. The summed E-state index contributed by atoms with van der Waals surface area (Å²) in [7, 11) is 1.33. The van der Waals surface area contributed by atoms with E-state index in [0.717, 1.165) is 18.1 Å². The Balaban J connectivity index is 1.61. The van der Waals surface area contributed by atoms with E-state index in [9.17, 15) is 17.8 Å². The molecule has 6 unspecified atom stereocenters. The summed E-state index contributed by atoms with van der Waals surface area (Å²) in [5.41, 5.74) is 7.45. The normalized spacial score (nSPS) is 23.0. The molecule has 1 saturated carbocycles. The highest BCUT2D eigenvalue weighted by atomic mass is 32.2. The molecule has 35 heavy (non-hydrogen) atoms. The molecule has 1 amide bonds. The van der Waals surface area contributed by atoms with Crippen LogP contribution in [0.15, 0.2) is 48.8 Å². The Kier molecular flexibility index (Phi) is 7.69. The van der Waals surface area contributed by atoms with Crippen molar-refractivity contribution in [3.63, 3.8) is 0 Å². The Labute approximate surface area is 207 Å². The Morgan fingerprint density at radius 2 is 1.94 bits per heavy atom. The summed E-state index contributed by atoms with van der Waals surface area (Å²) in [5, 5.41) is 3.18. The number of rotatable bonds is 5. The maximum atomic E-state index is 14.6. The zero-order chi connectivity index (χ0) is 25.3. The molecule has 3 aromatic rings. The van der Waals surface area contributed by atoms with E-state index in [4.69, 9.17) is 5.73 Å². The fourth-order valence-corrected chi connectivity index (χ4v) is 6.73. The summed E-state index contributed by atoms with van der Waals surface area (Å²) in [4.78, 5) is 21.4. The number of nitrogens with zero attached hydrogens (tertiary/aromatic N) is 2. The second-order valence-corrected chi connectivity index (χ2v) is 11.1. The van der Waals surface area contributed by atoms with Crippen LogP contribution in [0.25, 0.3) is 11.3 Å². The lowest BCUT2D eigenvalue weighted by Gasteiger charge is -2.38. The fourth-order valence-electron chi connectivity index (χ4n) is 4.98. The van der Waals surface area contributed by atoms with Crippen LogP contribution >= 0.6 is 9.24 Å². The maximum absolute atomic E-state index is 14.6. The molecule has 3 N–H and O–H groups in total. The lowest BCUT2D eigenvalue weighted by molar-refractivity contribution is 0.102. The van der Waals surface area contributed by atoms with Crippen LogP contribution in [-0.4, -0.2) is 37.6 Å². The lowest BCUT2D eigenvalue weighted by atomic mass is 9.76. The van der Waals surface area contributed by atoms with Gasteiger partial charge in [0.05, 0.1) is 17.1 Å². The highest BCUT2D eigenvalue weighted by Crippen LogP contribution is 2.40. The highest BCUT2D eigenvalue weighted by Gasteiger charge is 2.37. The molecule has 2 heterocycles. The number of anilines is 1. The van der Waals surface area contributed by atoms with Gasteiger partial charge >= 0.3 is 0 Å². The molecule has 0 aliphatic heterocycles. The molecule has 6 atom stereocenters. The number of aromatic nitrogens is 2. The van der Waals surface area contributed by atoms with Gasteiger partial charge in [-0.3, -0.25) is 14.0 Å². The molecule has 10 heteroatoms. The predicted octanol–water partition coefficient (Wildman–Crippen LogP) is 3.76. The van der Waals surface area contributed by atoms with E-state index in [0.29, 0.717) is 17.4 Å². The van der Waals surface area contributed by atoms with Gasteiger partial charge in [-0.2, -0.15) is 0 Å². The molecular formula is C25H27F2N4O2PS. The molecule has 0 spiro atoms. The summed E-state index contributed by atoms with van der Waals surface area (Å²) in [6, 6.07) is 8.32. The minimum atomic E-state index is -1.02. The van der Waals surface area contributed by atoms with Crippen LogP contribution in [0, 0.1) is 17.6 Å². The second-order valence-electron chi connectivity index (χ2n) is 8.92. The van der Waals surface area contributed by atoms with Gasteiger partial charge in [0.25, 0.3) is 5.91 Å². The molecule has 6 nitrogen and oxygen atoms in total. The summed E-state index contributed by atoms with van der Waals surface area (Å²) < 4.78 is 41.1. The first-order valence-corrected chi connectivity index (χ1v) is 13.4. The Morgan fingerprint density at radius 1 is 1.17 bits per heavy atom. The lowest BCUT2D eigenvalue weighted by Crippen LogP contribution is -2.47. The number of carbonyl (C=O) groups excluding carboxylic acids is 1. The Hall–Kier alpha value is -2.61. The number of amides is 1. The van der Waals surface area contributed by atoms with Gasteiger partial charge in [-0.05, 0) is 59.8 Å². The van der Waals surface area contributed by atoms with E-state index in [1.54, 1.807) is 24.7 Å². The minimum absolute atomic E-state index is 0.0141. The first kappa shape index (κ1) is 25.5. The molecule has 0 bridgehead atoms. The van der Waals surface area contributed by atoms with Crippen molar-refractivity contribution in [1.29, 1.82) is 0 Å². The molecule has 1 aliphatic rings. The van der Waals surface area contributed by atoms with Crippen LogP contribution in [0.1, 0.15) is 41.7 Å². The first-order valence-electron chi connectivity index (χ1n) is 11.2. The smallest absolute Gasteiger partial charge is 0.274 e. The van der Waals surface area contributed by atoms with E-state index in [2.05, 4.69) is 24.5 Å². The summed E-state index contributed by atoms with van der Waals surface area (Å²) in [5.74, 6) is -1.74. The van der Waals surface area contributed by atoms with Crippen molar-refractivity contribution in [3.05, 3.63) is 71.7 Å². The average molecular weight is 517 g/mol. The SMILES string of the molecule is CC1CC(c2ccncc2NC(=O)c2ccc(F)c(-c3c(F)cccc3P)n2)CC(N)C1S(C)=O. The predicted molar refractivity (Wildman–Crippen MR) is 138 cm³/mol.